The predicted octanol–water partition coefficient (Wildman–Crippen LogP) is 12.5. The van der Waals surface area contributed by atoms with E-state index in [1.165, 1.54) is 122 Å². The highest BCUT2D eigenvalue weighted by atomic mass is 31.2. The maximum absolute atomic E-state index is 12.7. The minimum atomic E-state index is -4.62. The molecular formula is C46H88NO8P. The van der Waals surface area contributed by atoms with Gasteiger partial charge in [-0.25, -0.2) is 0 Å². The van der Waals surface area contributed by atoms with Crippen LogP contribution >= 0.6 is 7.82 Å². The Morgan fingerprint density at radius 2 is 0.929 bits per heavy atom. The van der Waals surface area contributed by atoms with Crippen molar-refractivity contribution in [2.45, 2.75) is 213 Å². The quantitative estimate of drug-likeness (QED) is 0.0197. The zero-order chi connectivity index (χ0) is 41.4. The van der Waals surface area contributed by atoms with Gasteiger partial charge in [-0.3, -0.25) is 14.2 Å². The first-order valence-corrected chi connectivity index (χ1v) is 24.5. The number of hydrogen-bond acceptors (Lipinski definition) is 8. The van der Waals surface area contributed by atoms with E-state index < -0.39 is 26.5 Å². The molecule has 0 aliphatic rings. The van der Waals surface area contributed by atoms with Gasteiger partial charge in [-0.2, -0.15) is 0 Å². The second-order valence-corrected chi connectivity index (χ2v) is 18.2. The smallest absolute Gasteiger partial charge is 0.306 e. The minimum absolute atomic E-state index is 0.0305. The summed E-state index contributed by atoms with van der Waals surface area (Å²) in [6.07, 6.45) is 41.9. The highest BCUT2D eigenvalue weighted by Crippen LogP contribution is 2.38. The molecule has 0 amide bonds. The molecule has 0 aromatic heterocycles. The highest BCUT2D eigenvalue weighted by molar-refractivity contribution is 7.45. The van der Waals surface area contributed by atoms with E-state index in [0.717, 1.165) is 51.4 Å². The number of hydrogen-bond donors (Lipinski definition) is 0. The second kappa shape index (κ2) is 39.0. The van der Waals surface area contributed by atoms with Gasteiger partial charge in [-0.15, -0.1) is 0 Å². The molecule has 0 saturated heterocycles. The standard InChI is InChI=1S/C46H88NO8P/c1-6-8-10-12-14-16-18-20-22-23-25-26-28-30-32-34-36-38-45(48)52-42-44(43-54-56(50,51)53-41-40-47(3,4)5)55-46(49)39-37-35-33-31-29-27-24-21-19-17-15-13-11-9-7-2/h13,15,20,22,44H,6-12,14,16-19,21,23-43H2,1-5H3/b15-13+,22-20+/t44-/m1/s1. The van der Waals surface area contributed by atoms with Crippen LogP contribution in [-0.4, -0.2) is 70.0 Å². The maximum atomic E-state index is 12.7. The van der Waals surface area contributed by atoms with E-state index in [-0.39, 0.29) is 32.0 Å². The van der Waals surface area contributed by atoms with E-state index in [1.807, 2.05) is 21.1 Å². The van der Waals surface area contributed by atoms with Crippen LogP contribution in [0.2, 0.25) is 0 Å². The molecule has 0 aliphatic heterocycles. The van der Waals surface area contributed by atoms with Crippen LogP contribution in [-0.2, 0) is 32.7 Å². The molecule has 0 aromatic carbocycles. The van der Waals surface area contributed by atoms with E-state index in [1.54, 1.807) is 0 Å². The SMILES string of the molecule is CCCC/C=C/CCCCCCCCCCCC(=O)O[C@H](COC(=O)CCCCCCCCC/C=C/CCCCCCCC)COP(=O)([O-])OCC[N+](C)(C)C. The van der Waals surface area contributed by atoms with E-state index >= 15 is 0 Å². The van der Waals surface area contributed by atoms with Crippen LogP contribution < -0.4 is 4.89 Å². The first-order valence-electron chi connectivity index (χ1n) is 23.0. The number of quaternary nitrogens is 1. The molecular weight excluding hydrogens is 725 g/mol. The lowest BCUT2D eigenvalue weighted by Crippen LogP contribution is -2.37. The van der Waals surface area contributed by atoms with E-state index in [0.29, 0.717) is 17.4 Å². The highest BCUT2D eigenvalue weighted by Gasteiger charge is 2.21. The molecule has 1 unspecified atom stereocenters. The Labute approximate surface area is 345 Å². The zero-order valence-corrected chi connectivity index (χ0v) is 38.0. The predicted molar refractivity (Wildman–Crippen MR) is 231 cm³/mol. The molecule has 2 atom stereocenters. The Morgan fingerprint density at radius 3 is 1.38 bits per heavy atom. The number of carbonyl (C=O) groups is 2. The molecule has 0 radical (unpaired) electrons. The van der Waals surface area contributed by atoms with Crippen molar-refractivity contribution in [3.63, 3.8) is 0 Å². The Morgan fingerprint density at radius 1 is 0.536 bits per heavy atom. The average Bonchev–Trinajstić information content (AvgIpc) is 3.15. The summed E-state index contributed by atoms with van der Waals surface area (Å²) in [5, 5.41) is 0. The number of phosphoric acid groups is 1. The molecule has 0 aliphatic carbocycles. The number of likely N-dealkylation sites (N-methyl/N-ethyl adjacent to an activating group) is 1. The van der Waals surface area contributed by atoms with Gasteiger partial charge in [0.05, 0.1) is 27.7 Å². The summed E-state index contributed by atoms with van der Waals surface area (Å²) in [7, 11) is 1.17. The van der Waals surface area contributed by atoms with Crippen LogP contribution in [0.5, 0.6) is 0 Å². The fourth-order valence-corrected chi connectivity index (χ4v) is 7.01. The molecule has 0 aromatic rings. The number of nitrogens with zero attached hydrogens (tertiary/aromatic N) is 1. The number of esters is 2. The summed E-state index contributed by atoms with van der Waals surface area (Å²) in [4.78, 5) is 37.6. The van der Waals surface area contributed by atoms with Crippen molar-refractivity contribution in [2.75, 3.05) is 47.5 Å². The molecule has 0 heterocycles. The number of carbonyl (C=O) groups excluding carboxylic acids is 2. The number of phosphoric ester groups is 1. The van der Waals surface area contributed by atoms with E-state index in [2.05, 4.69) is 38.2 Å². The fourth-order valence-electron chi connectivity index (χ4n) is 6.28. The summed E-state index contributed by atoms with van der Waals surface area (Å²) in [6, 6.07) is 0. The topological polar surface area (TPSA) is 111 Å². The lowest BCUT2D eigenvalue weighted by molar-refractivity contribution is -0.870. The minimum Gasteiger partial charge on any atom is -0.756 e. The Balaban J connectivity index is 4.32. The third-order valence-electron chi connectivity index (χ3n) is 9.94. The fraction of sp³-hybridized carbons (Fsp3) is 0.870. The molecule has 0 spiro atoms. The van der Waals surface area contributed by atoms with E-state index in [4.69, 9.17) is 18.5 Å². The van der Waals surface area contributed by atoms with Crippen molar-refractivity contribution in [1.82, 2.24) is 0 Å². The van der Waals surface area contributed by atoms with Crippen molar-refractivity contribution < 1.29 is 42.1 Å². The number of rotatable bonds is 42. The summed E-state index contributed by atoms with van der Waals surface area (Å²) in [6.45, 7) is 4.20. The number of allylic oxidation sites excluding steroid dienone is 4. The molecule has 56 heavy (non-hydrogen) atoms. The molecule has 0 rings (SSSR count). The Kier molecular flexibility index (Phi) is 37.9. The molecule has 10 heteroatoms. The van der Waals surface area contributed by atoms with Crippen molar-refractivity contribution in [3.8, 4) is 0 Å². The van der Waals surface area contributed by atoms with Crippen molar-refractivity contribution in [2.24, 2.45) is 0 Å². The van der Waals surface area contributed by atoms with Crippen LogP contribution in [0.15, 0.2) is 24.3 Å². The first kappa shape index (κ1) is 54.5. The summed E-state index contributed by atoms with van der Waals surface area (Å²) >= 11 is 0. The van der Waals surface area contributed by atoms with Crippen molar-refractivity contribution >= 4 is 19.8 Å². The summed E-state index contributed by atoms with van der Waals surface area (Å²) in [5.74, 6) is -0.836. The van der Waals surface area contributed by atoms with Crippen LogP contribution in [0.25, 0.3) is 0 Å². The summed E-state index contributed by atoms with van der Waals surface area (Å²) in [5.41, 5.74) is 0. The maximum Gasteiger partial charge on any atom is 0.306 e. The van der Waals surface area contributed by atoms with Gasteiger partial charge in [0.2, 0.25) is 0 Å². The van der Waals surface area contributed by atoms with Gasteiger partial charge in [0.1, 0.15) is 19.8 Å². The van der Waals surface area contributed by atoms with Gasteiger partial charge in [0.25, 0.3) is 7.82 Å². The second-order valence-electron chi connectivity index (χ2n) is 16.8. The van der Waals surface area contributed by atoms with E-state index in [9.17, 15) is 19.0 Å². The molecule has 9 nitrogen and oxygen atoms in total. The largest absolute Gasteiger partial charge is 0.756 e. The van der Waals surface area contributed by atoms with Crippen LogP contribution in [0.1, 0.15) is 206 Å². The number of unbranched alkanes of at least 4 members (excludes halogenated alkanes) is 24. The van der Waals surface area contributed by atoms with Gasteiger partial charge in [-0.05, 0) is 57.8 Å². The molecule has 0 saturated carbocycles. The molecule has 0 bridgehead atoms. The van der Waals surface area contributed by atoms with Crippen molar-refractivity contribution in [1.29, 1.82) is 0 Å². The zero-order valence-electron chi connectivity index (χ0n) is 37.1. The Bertz CT molecular complexity index is 1010. The van der Waals surface area contributed by atoms with Gasteiger partial charge >= 0.3 is 11.9 Å². The molecule has 0 fully saturated rings. The first-order chi connectivity index (χ1) is 27.0. The van der Waals surface area contributed by atoms with Gasteiger partial charge in [0.15, 0.2) is 6.10 Å². The monoisotopic (exact) mass is 814 g/mol. The third-order valence-corrected chi connectivity index (χ3v) is 10.9. The molecule has 330 valence electrons. The lowest BCUT2D eigenvalue weighted by Gasteiger charge is -2.28. The van der Waals surface area contributed by atoms with Crippen LogP contribution in [0, 0.1) is 0 Å². The number of ether oxygens (including phenoxy) is 2. The van der Waals surface area contributed by atoms with Crippen LogP contribution in [0.4, 0.5) is 0 Å². The Hall–Kier alpha value is -1.51. The van der Waals surface area contributed by atoms with Gasteiger partial charge in [0, 0.05) is 12.8 Å². The lowest BCUT2D eigenvalue weighted by atomic mass is 10.1. The normalized spacial score (nSPS) is 13.8. The average molecular weight is 814 g/mol. The van der Waals surface area contributed by atoms with Gasteiger partial charge < -0.3 is 27.9 Å². The van der Waals surface area contributed by atoms with Crippen LogP contribution in [0.3, 0.4) is 0 Å². The van der Waals surface area contributed by atoms with Gasteiger partial charge in [-0.1, -0.05) is 160 Å². The third kappa shape index (κ3) is 42.1. The molecule has 0 N–H and O–H groups in total. The summed E-state index contributed by atoms with van der Waals surface area (Å²) < 4.78 is 33.9. The van der Waals surface area contributed by atoms with Crippen molar-refractivity contribution in [3.05, 3.63) is 24.3 Å².